The average Bonchev–Trinajstić information content (AvgIpc) is 2.40. The first-order valence-corrected chi connectivity index (χ1v) is 7.38. The molecule has 1 atom stereocenters. The molecule has 0 saturated heterocycles. The van der Waals surface area contributed by atoms with E-state index in [1.807, 2.05) is 0 Å². The summed E-state index contributed by atoms with van der Waals surface area (Å²) in [4.78, 5) is -0.216. The Morgan fingerprint density at radius 1 is 0.905 bits per heavy atom. The normalized spacial score (nSPS) is 13.0. The van der Waals surface area contributed by atoms with E-state index in [1.54, 1.807) is 30.3 Å². The molecule has 0 saturated carbocycles. The first kappa shape index (κ1) is 16.5. The molecule has 0 radical (unpaired) electrons. The molecule has 0 fully saturated rings. The van der Waals surface area contributed by atoms with E-state index in [4.69, 9.17) is 23.2 Å². The van der Waals surface area contributed by atoms with Crippen molar-refractivity contribution in [3.05, 3.63) is 63.6 Å². The Labute approximate surface area is 137 Å². The van der Waals surface area contributed by atoms with Crippen LogP contribution in [0, 0.1) is 0 Å². The Morgan fingerprint density at radius 2 is 1.48 bits per heavy atom. The summed E-state index contributed by atoms with van der Waals surface area (Å²) in [5.74, 6) is -0.264. The standard InChI is InChI=1S/C14H8BrCl2F3O/c15-13(9-3-6-11(16)12(17)7-9)8-1-4-10(5-2-8)21-14(18,19)20/h1-7,13H. The van der Waals surface area contributed by atoms with Gasteiger partial charge in [-0.3, -0.25) is 0 Å². The molecular weight excluding hydrogens is 392 g/mol. The van der Waals surface area contributed by atoms with Gasteiger partial charge in [0.2, 0.25) is 0 Å². The highest BCUT2D eigenvalue weighted by Gasteiger charge is 2.31. The Bertz CT molecular complexity index is 629. The van der Waals surface area contributed by atoms with Crippen LogP contribution in [0.25, 0.3) is 0 Å². The molecule has 0 aliphatic rings. The smallest absolute Gasteiger partial charge is 0.406 e. The van der Waals surface area contributed by atoms with Gasteiger partial charge in [0.25, 0.3) is 0 Å². The second-order valence-corrected chi connectivity index (χ2v) is 5.88. The molecule has 0 heterocycles. The molecule has 0 spiro atoms. The minimum Gasteiger partial charge on any atom is -0.406 e. The Kier molecular flexibility index (Phi) is 5.07. The maximum absolute atomic E-state index is 12.1. The topological polar surface area (TPSA) is 9.23 Å². The Balaban J connectivity index is 2.19. The van der Waals surface area contributed by atoms with E-state index in [0.717, 1.165) is 11.1 Å². The molecule has 0 aliphatic heterocycles. The summed E-state index contributed by atoms with van der Waals surface area (Å²) in [6, 6.07) is 10.8. The van der Waals surface area contributed by atoms with Crippen molar-refractivity contribution < 1.29 is 17.9 Å². The Hall–Kier alpha value is -0.910. The first-order chi connectivity index (χ1) is 9.76. The molecular formula is C14H8BrCl2F3O. The fourth-order valence-corrected chi connectivity index (χ4v) is 2.60. The van der Waals surface area contributed by atoms with E-state index in [2.05, 4.69) is 20.7 Å². The number of ether oxygens (including phenoxy) is 1. The van der Waals surface area contributed by atoms with Gasteiger partial charge in [-0.05, 0) is 35.4 Å². The zero-order valence-electron chi connectivity index (χ0n) is 10.3. The number of alkyl halides is 4. The van der Waals surface area contributed by atoms with E-state index < -0.39 is 6.36 Å². The lowest BCUT2D eigenvalue weighted by molar-refractivity contribution is -0.274. The third-order valence-corrected chi connectivity index (χ3v) is 4.44. The van der Waals surface area contributed by atoms with E-state index in [-0.39, 0.29) is 10.6 Å². The molecule has 2 aromatic rings. The third kappa shape index (κ3) is 4.53. The van der Waals surface area contributed by atoms with Crippen molar-refractivity contribution in [3.8, 4) is 5.75 Å². The quantitative estimate of drug-likeness (QED) is 0.544. The van der Waals surface area contributed by atoms with Crippen molar-refractivity contribution in [1.82, 2.24) is 0 Å². The summed E-state index contributed by atoms with van der Waals surface area (Å²) < 4.78 is 40.1. The van der Waals surface area contributed by atoms with Crippen LogP contribution >= 0.6 is 39.1 Å². The van der Waals surface area contributed by atoms with Crippen LogP contribution in [0.1, 0.15) is 16.0 Å². The highest BCUT2D eigenvalue weighted by Crippen LogP contribution is 2.35. The summed E-state index contributed by atoms with van der Waals surface area (Å²) in [7, 11) is 0. The van der Waals surface area contributed by atoms with E-state index >= 15 is 0 Å². The minimum absolute atomic E-state index is 0.216. The summed E-state index contributed by atoms with van der Waals surface area (Å²) in [5, 5.41) is 0.852. The van der Waals surface area contributed by atoms with Gasteiger partial charge in [0.05, 0.1) is 14.9 Å². The largest absolute Gasteiger partial charge is 0.573 e. The van der Waals surface area contributed by atoms with Gasteiger partial charge in [-0.1, -0.05) is 57.3 Å². The summed E-state index contributed by atoms with van der Waals surface area (Å²) in [5.41, 5.74) is 1.61. The highest BCUT2D eigenvalue weighted by atomic mass is 79.9. The summed E-state index contributed by atoms with van der Waals surface area (Å²) >= 11 is 15.3. The van der Waals surface area contributed by atoms with Crippen molar-refractivity contribution in [2.24, 2.45) is 0 Å². The van der Waals surface area contributed by atoms with Crippen LogP contribution in [-0.4, -0.2) is 6.36 Å². The first-order valence-electron chi connectivity index (χ1n) is 5.71. The molecule has 0 N–H and O–H groups in total. The van der Waals surface area contributed by atoms with E-state index in [9.17, 15) is 13.2 Å². The molecule has 0 aromatic heterocycles. The maximum atomic E-state index is 12.1. The minimum atomic E-state index is -4.70. The predicted molar refractivity (Wildman–Crippen MR) is 80.4 cm³/mol. The van der Waals surface area contributed by atoms with E-state index in [1.165, 1.54) is 12.1 Å². The second-order valence-electron chi connectivity index (χ2n) is 4.15. The lowest BCUT2D eigenvalue weighted by Gasteiger charge is -2.13. The molecule has 0 amide bonds. The van der Waals surface area contributed by atoms with Gasteiger partial charge in [0.1, 0.15) is 5.75 Å². The van der Waals surface area contributed by atoms with Crippen molar-refractivity contribution in [2.75, 3.05) is 0 Å². The van der Waals surface area contributed by atoms with Gasteiger partial charge in [0, 0.05) is 0 Å². The predicted octanol–water partition coefficient (Wildman–Crippen LogP) is 6.38. The van der Waals surface area contributed by atoms with Crippen molar-refractivity contribution >= 4 is 39.1 Å². The fraction of sp³-hybridized carbons (Fsp3) is 0.143. The lowest BCUT2D eigenvalue weighted by atomic mass is 10.0. The van der Waals surface area contributed by atoms with Crippen LogP contribution in [0.5, 0.6) is 5.75 Å². The van der Waals surface area contributed by atoms with Gasteiger partial charge in [-0.25, -0.2) is 0 Å². The zero-order valence-corrected chi connectivity index (χ0v) is 13.4. The molecule has 7 heteroatoms. The number of hydrogen-bond donors (Lipinski definition) is 0. The van der Waals surface area contributed by atoms with Crippen LogP contribution in [0.2, 0.25) is 10.0 Å². The number of halogens is 6. The third-order valence-electron chi connectivity index (χ3n) is 2.64. The number of rotatable bonds is 3. The SMILES string of the molecule is FC(F)(F)Oc1ccc(C(Br)c2ccc(Cl)c(Cl)c2)cc1. The van der Waals surface area contributed by atoms with Gasteiger partial charge in [0.15, 0.2) is 0 Å². The fourth-order valence-electron chi connectivity index (χ4n) is 1.70. The number of benzene rings is 2. The number of hydrogen-bond acceptors (Lipinski definition) is 1. The molecule has 0 bridgehead atoms. The zero-order chi connectivity index (χ0) is 15.6. The molecule has 2 aromatic carbocycles. The molecule has 112 valence electrons. The molecule has 21 heavy (non-hydrogen) atoms. The van der Waals surface area contributed by atoms with E-state index in [0.29, 0.717) is 10.0 Å². The van der Waals surface area contributed by atoms with Crippen LogP contribution in [0.15, 0.2) is 42.5 Å². The van der Waals surface area contributed by atoms with Crippen molar-refractivity contribution in [2.45, 2.75) is 11.2 Å². The lowest BCUT2D eigenvalue weighted by Crippen LogP contribution is -2.17. The summed E-state index contributed by atoms with van der Waals surface area (Å²) in [6.07, 6.45) is -4.70. The Morgan fingerprint density at radius 3 is 2.00 bits per heavy atom. The van der Waals surface area contributed by atoms with Crippen LogP contribution in [-0.2, 0) is 0 Å². The van der Waals surface area contributed by atoms with Crippen molar-refractivity contribution in [3.63, 3.8) is 0 Å². The maximum Gasteiger partial charge on any atom is 0.573 e. The molecule has 1 unspecified atom stereocenters. The van der Waals surface area contributed by atoms with Gasteiger partial charge in [-0.2, -0.15) is 0 Å². The molecule has 0 aliphatic carbocycles. The highest BCUT2D eigenvalue weighted by molar-refractivity contribution is 9.09. The van der Waals surface area contributed by atoms with Crippen LogP contribution in [0.4, 0.5) is 13.2 Å². The van der Waals surface area contributed by atoms with Gasteiger partial charge < -0.3 is 4.74 Å². The second kappa shape index (κ2) is 6.46. The summed E-state index contributed by atoms with van der Waals surface area (Å²) in [6.45, 7) is 0. The monoisotopic (exact) mass is 398 g/mol. The molecule has 1 nitrogen and oxygen atoms in total. The van der Waals surface area contributed by atoms with Crippen LogP contribution in [0.3, 0.4) is 0 Å². The van der Waals surface area contributed by atoms with Crippen LogP contribution < -0.4 is 4.74 Å². The van der Waals surface area contributed by atoms with Crippen molar-refractivity contribution in [1.29, 1.82) is 0 Å². The molecule has 2 rings (SSSR count). The van der Waals surface area contributed by atoms with Gasteiger partial charge >= 0.3 is 6.36 Å². The average molecular weight is 400 g/mol. The van der Waals surface area contributed by atoms with Gasteiger partial charge in [-0.15, -0.1) is 13.2 Å².